The van der Waals surface area contributed by atoms with E-state index in [0.29, 0.717) is 0 Å². The quantitative estimate of drug-likeness (QED) is 0.721. The zero-order chi connectivity index (χ0) is 10.7. The molecule has 0 amide bonds. The van der Waals surface area contributed by atoms with Crippen LogP contribution in [0.15, 0.2) is 45.2 Å². The molecule has 78 valence electrons. The van der Waals surface area contributed by atoms with E-state index in [2.05, 4.69) is 9.98 Å². The van der Waals surface area contributed by atoms with Crippen LogP contribution in [0.5, 0.6) is 0 Å². The van der Waals surface area contributed by atoms with Crippen LogP contribution in [0.1, 0.15) is 0 Å². The zero-order valence-corrected chi connectivity index (χ0v) is 8.68. The Kier molecular flexibility index (Phi) is 2.61. The van der Waals surface area contributed by atoms with E-state index in [1.165, 1.54) is 12.7 Å². The molecule has 1 N–H and O–H groups in total. The maximum Gasteiger partial charge on any atom is 0.332 e. The molecule has 0 radical (unpaired) electrons. The van der Waals surface area contributed by atoms with Gasteiger partial charge in [-0.2, -0.15) is 17.7 Å². The van der Waals surface area contributed by atoms with Crippen LogP contribution in [0.4, 0.5) is 0 Å². The summed E-state index contributed by atoms with van der Waals surface area (Å²) in [5.41, 5.74) is 0. The van der Waals surface area contributed by atoms with E-state index in [4.69, 9.17) is 0 Å². The summed E-state index contributed by atoms with van der Waals surface area (Å²) in [5.74, 6) is 0. The van der Waals surface area contributed by atoms with E-state index in [9.17, 15) is 8.42 Å². The Morgan fingerprint density at radius 3 is 2.53 bits per heavy atom. The maximum atomic E-state index is 12.0. The smallest absolute Gasteiger partial charge is 0.217 e. The molecule has 0 aliphatic carbocycles. The van der Waals surface area contributed by atoms with Gasteiger partial charge in [0.2, 0.25) is 6.34 Å². The lowest BCUT2D eigenvalue weighted by molar-refractivity contribution is -0.652. The first-order valence-electron chi connectivity index (χ1n) is 4.39. The van der Waals surface area contributed by atoms with Crippen LogP contribution in [0.25, 0.3) is 0 Å². The number of nitrogens with zero attached hydrogens (tertiary/aromatic N) is 2. The highest BCUT2D eigenvalue weighted by Crippen LogP contribution is 2.03. The Balaban J connectivity index is 2.36. The second-order valence-corrected chi connectivity index (χ2v) is 5.02. The number of rotatable bonds is 2. The van der Waals surface area contributed by atoms with Crippen LogP contribution >= 0.6 is 0 Å². The van der Waals surface area contributed by atoms with Crippen LogP contribution in [-0.4, -0.2) is 27.8 Å². The lowest BCUT2D eigenvalue weighted by Crippen LogP contribution is -3.13. The molecule has 0 saturated carbocycles. The number of quaternary nitrogens is 1. The van der Waals surface area contributed by atoms with E-state index in [0.717, 1.165) is 0 Å². The third kappa shape index (κ3) is 1.95. The van der Waals surface area contributed by atoms with Crippen molar-refractivity contribution in [3.63, 3.8) is 0 Å². The van der Waals surface area contributed by atoms with Gasteiger partial charge in [0, 0.05) is 0 Å². The summed E-state index contributed by atoms with van der Waals surface area (Å²) in [6.07, 6.45) is 2.69. The third-order valence-corrected chi connectivity index (χ3v) is 3.83. The molecule has 1 heterocycles. The minimum atomic E-state index is -3.41. The minimum Gasteiger partial charge on any atom is -0.217 e. The molecular weight excluding hydrogens is 214 g/mol. The van der Waals surface area contributed by atoms with Gasteiger partial charge in [-0.15, -0.1) is 0 Å². The SMILES string of the molecule is O=S(=O)(c1ccccc1)[NH+]1C=NC=NC1. The highest BCUT2D eigenvalue weighted by Gasteiger charge is 2.27. The van der Waals surface area contributed by atoms with Gasteiger partial charge in [-0.05, 0) is 12.1 Å². The molecule has 1 unspecified atom stereocenters. The van der Waals surface area contributed by atoms with Crippen molar-refractivity contribution < 1.29 is 12.7 Å². The van der Waals surface area contributed by atoms with Gasteiger partial charge in [0.05, 0.1) is 0 Å². The molecule has 1 aromatic carbocycles. The van der Waals surface area contributed by atoms with Gasteiger partial charge < -0.3 is 0 Å². The summed E-state index contributed by atoms with van der Waals surface area (Å²) in [5, 5.41) is 0. The Morgan fingerprint density at radius 1 is 1.20 bits per heavy atom. The summed E-state index contributed by atoms with van der Waals surface area (Å²) in [6, 6.07) is 8.28. The van der Waals surface area contributed by atoms with Crippen molar-refractivity contribution >= 4 is 22.7 Å². The van der Waals surface area contributed by atoms with Crippen molar-refractivity contribution in [2.24, 2.45) is 9.98 Å². The molecular formula is C9H10N3O2S+. The van der Waals surface area contributed by atoms with Crippen LogP contribution in [0.2, 0.25) is 0 Å². The van der Waals surface area contributed by atoms with E-state index in [1.807, 2.05) is 0 Å². The van der Waals surface area contributed by atoms with Crippen molar-refractivity contribution in [2.45, 2.75) is 4.90 Å². The highest BCUT2D eigenvalue weighted by atomic mass is 32.2. The first kappa shape index (κ1) is 10.0. The average molecular weight is 224 g/mol. The third-order valence-electron chi connectivity index (χ3n) is 2.01. The molecule has 0 fully saturated rings. The van der Waals surface area contributed by atoms with Crippen molar-refractivity contribution in [1.82, 2.24) is 0 Å². The van der Waals surface area contributed by atoms with E-state index < -0.39 is 10.0 Å². The summed E-state index contributed by atoms with van der Waals surface area (Å²) in [6.45, 7) is 0.167. The van der Waals surface area contributed by atoms with Gasteiger partial charge in [-0.1, -0.05) is 18.2 Å². The molecule has 0 bridgehead atoms. The monoisotopic (exact) mass is 224 g/mol. The second kappa shape index (κ2) is 3.92. The first-order chi connectivity index (χ1) is 7.21. The van der Waals surface area contributed by atoms with Gasteiger partial charge in [0.1, 0.15) is 11.2 Å². The second-order valence-electron chi connectivity index (χ2n) is 3.02. The van der Waals surface area contributed by atoms with Crippen LogP contribution in [0.3, 0.4) is 0 Å². The summed E-state index contributed by atoms with van der Waals surface area (Å²) in [7, 11) is -3.41. The fourth-order valence-electron chi connectivity index (χ4n) is 1.24. The van der Waals surface area contributed by atoms with Crippen LogP contribution < -0.4 is 4.31 Å². The van der Waals surface area contributed by atoms with Crippen molar-refractivity contribution in [1.29, 1.82) is 0 Å². The van der Waals surface area contributed by atoms with E-state index in [1.54, 1.807) is 30.3 Å². The number of hydrogen-bond donors (Lipinski definition) is 1. The Labute approximate surface area is 87.8 Å². The largest absolute Gasteiger partial charge is 0.332 e. The standard InChI is InChI=1S/C9H9N3O2S/c13-15(14,9-4-2-1-3-5-9)12-7-10-6-11-8-12/h1-7H,8H2/p+1. The zero-order valence-electron chi connectivity index (χ0n) is 7.87. The van der Waals surface area contributed by atoms with Gasteiger partial charge in [-0.25, -0.2) is 4.99 Å². The Morgan fingerprint density at radius 2 is 1.93 bits per heavy atom. The number of hydrogen-bond acceptors (Lipinski definition) is 4. The Bertz CT molecular complexity index is 493. The van der Waals surface area contributed by atoms with Gasteiger partial charge in [0.25, 0.3) is 0 Å². The van der Waals surface area contributed by atoms with E-state index >= 15 is 0 Å². The molecule has 1 aliphatic heterocycles. The molecule has 1 aromatic rings. The predicted molar refractivity (Wildman–Crippen MR) is 56.4 cm³/mol. The normalized spacial score (nSPS) is 20.4. The lowest BCUT2D eigenvalue weighted by Gasteiger charge is -2.12. The summed E-state index contributed by atoms with van der Waals surface area (Å²) >= 11 is 0. The first-order valence-corrected chi connectivity index (χ1v) is 5.87. The van der Waals surface area contributed by atoms with Gasteiger partial charge in [-0.3, -0.25) is 0 Å². The summed E-state index contributed by atoms with van der Waals surface area (Å²) in [4.78, 5) is 7.81. The Hall–Kier alpha value is -1.53. The van der Waals surface area contributed by atoms with Crippen LogP contribution in [0, 0.1) is 0 Å². The molecule has 15 heavy (non-hydrogen) atoms. The summed E-state index contributed by atoms with van der Waals surface area (Å²) < 4.78 is 24.2. The van der Waals surface area contributed by atoms with Crippen molar-refractivity contribution in [2.75, 3.05) is 6.67 Å². The molecule has 0 aromatic heterocycles. The number of aliphatic imine (C=N–C) groups is 2. The fourth-order valence-corrected chi connectivity index (χ4v) is 2.50. The van der Waals surface area contributed by atoms with Crippen molar-refractivity contribution in [3.8, 4) is 0 Å². The highest BCUT2D eigenvalue weighted by molar-refractivity contribution is 7.85. The number of nitrogens with one attached hydrogen (secondary N) is 1. The van der Waals surface area contributed by atoms with E-state index in [-0.39, 0.29) is 15.9 Å². The average Bonchev–Trinajstić information content (AvgIpc) is 2.31. The number of benzene rings is 1. The molecule has 0 spiro atoms. The predicted octanol–water partition coefficient (Wildman–Crippen LogP) is -0.712. The molecule has 1 aliphatic rings. The van der Waals surface area contributed by atoms with Gasteiger partial charge in [0.15, 0.2) is 6.67 Å². The topological polar surface area (TPSA) is 63.3 Å². The minimum absolute atomic E-state index is 0.167. The van der Waals surface area contributed by atoms with Crippen molar-refractivity contribution in [3.05, 3.63) is 30.3 Å². The molecule has 5 nitrogen and oxygen atoms in total. The lowest BCUT2D eigenvalue weighted by atomic mass is 10.4. The number of sulfonamides is 1. The molecule has 6 heteroatoms. The molecule has 0 saturated heterocycles. The van der Waals surface area contributed by atoms with Gasteiger partial charge >= 0.3 is 10.0 Å². The maximum absolute atomic E-state index is 12.0. The molecule has 2 rings (SSSR count). The molecule has 1 atom stereocenters. The fraction of sp³-hybridized carbons (Fsp3) is 0.111. The van der Waals surface area contributed by atoms with Crippen LogP contribution in [-0.2, 0) is 10.0 Å².